The van der Waals surface area contributed by atoms with Crippen molar-refractivity contribution in [3.8, 4) is 5.75 Å². The maximum Gasteiger partial charge on any atom is 0.307 e. The van der Waals surface area contributed by atoms with Crippen molar-refractivity contribution in [2.45, 2.75) is 52.0 Å². The molecule has 1 aliphatic rings. The molecule has 1 saturated heterocycles. The fourth-order valence-electron chi connectivity index (χ4n) is 3.95. The summed E-state index contributed by atoms with van der Waals surface area (Å²) in [6.45, 7) is 5.27. The van der Waals surface area contributed by atoms with Crippen LogP contribution in [0.5, 0.6) is 5.75 Å². The molecule has 2 aromatic rings. The normalized spacial score (nSPS) is 17.9. The maximum absolute atomic E-state index is 11.4. The standard InChI is InChI=1S/C23H31NO3/c1-2-3-4-7-15-27-22-13-12-18-9-5-6-11-20(18)21(22)17-24-14-8-10-19(16-24)23(25)26/h5-6,9,11-13,19H,2-4,7-8,10,14-17H2,1H3,(H,25,26). The lowest BCUT2D eigenvalue weighted by Crippen LogP contribution is -2.38. The van der Waals surface area contributed by atoms with Crippen LogP contribution in [0.25, 0.3) is 10.8 Å². The van der Waals surface area contributed by atoms with Crippen LogP contribution in [0.1, 0.15) is 51.0 Å². The predicted molar refractivity (Wildman–Crippen MR) is 109 cm³/mol. The number of piperidine rings is 1. The molecule has 0 saturated carbocycles. The molecule has 0 amide bonds. The zero-order valence-corrected chi connectivity index (χ0v) is 16.3. The van der Waals surface area contributed by atoms with E-state index in [-0.39, 0.29) is 5.92 Å². The molecule has 4 heteroatoms. The third-order valence-electron chi connectivity index (χ3n) is 5.49. The molecule has 1 aliphatic heterocycles. The van der Waals surface area contributed by atoms with E-state index in [9.17, 15) is 9.90 Å². The summed E-state index contributed by atoms with van der Waals surface area (Å²) in [7, 11) is 0. The first-order valence-electron chi connectivity index (χ1n) is 10.3. The first-order valence-corrected chi connectivity index (χ1v) is 10.3. The highest BCUT2D eigenvalue weighted by atomic mass is 16.5. The molecule has 1 heterocycles. The van der Waals surface area contributed by atoms with Crippen molar-refractivity contribution in [1.29, 1.82) is 0 Å². The number of hydrogen-bond acceptors (Lipinski definition) is 3. The molecule has 0 spiro atoms. The van der Waals surface area contributed by atoms with E-state index < -0.39 is 5.97 Å². The third-order valence-corrected chi connectivity index (χ3v) is 5.49. The summed E-state index contributed by atoms with van der Waals surface area (Å²) in [5, 5.41) is 11.8. The van der Waals surface area contributed by atoms with E-state index in [0.717, 1.165) is 44.7 Å². The van der Waals surface area contributed by atoms with E-state index >= 15 is 0 Å². The summed E-state index contributed by atoms with van der Waals surface area (Å²) in [5.74, 6) is 0.0137. The Kier molecular flexibility index (Phi) is 7.11. The number of carboxylic acid groups (broad SMARTS) is 1. The number of carbonyl (C=O) groups is 1. The molecular weight excluding hydrogens is 338 g/mol. The minimum Gasteiger partial charge on any atom is -0.493 e. The fourth-order valence-corrected chi connectivity index (χ4v) is 3.95. The molecule has 3 rings (SSSR count). The Balaban J connectivity index is 1.78. The van der Waals surface area contributed by atoms with Crippen molar-refractivity contribution in [2.24, 2.45) is 5.92 Å². The molecule has 1 unspecified atom stereocenters. The second-order valence-corrected chi connectivity index (χ2v) is 7.59. The Morgan fingerprint density at radius 3 is 2.85 bits per heavy atom. The van der Waals surface area contributed by atoms with Crippen molar-refractivity contribution in [3.63, 3.8) is 0 Å². The van der Waals surface area contributed by atoms with Gasteiger partial charge in [0.1, 0.15) is 5.75 Å². The topological polar surface area (TPSA) is 49.8 Å². The number of benzene rings is 2. The Morgan fingerprint density at radius 2 is 2.04 bits per heavy atom. The van der Waals surface area contributed by atoms with Crippen molar-refractivity contribution >= 4 is 16.7 Å². The number of hydrogen-bond donors (Lipinski definition) is 1. The van der Waals surface area contributed by atoms with E-state index in [4.69, 9.17) is 4.74 Å². The highest BCUT2D eigenvalue weighted by Gasteiger charge is 2.26. The Morgan fingerprint density at radius 1 is 1.19 bits per heavy atom. The number of likely N-dealkylation sites (tertiary alicyclic amines) is 1. The van der Waals surface area contributed by atoms with Gasteiger partial charge in [-0.3, -0.25) is 9.69 Å². The molecule has 4 nitrogen and oxygen atoms in total. The van der Waals surface area contributed by atoms with E-state index in [1.807, 2.05) is 0 Å². The van der Waals surface area contributed by atoms with E-state index in [2.05, 4.69) is 48.2 Å². The zero-order chi connectivity index (χ0) is 19.1. The molecule has 1 fully saturated rings. The van der Waals surface area contributed by atoms with Crippen LogP contribution in [0.4, 0.5) is 0 Å². The van der Waals surface area contributed by atoms with Crippen LogP contribution in [-0.4, -0.2) is 35.7 Å². The lowest BCUT2D eigenvalue weighted by atomic mass is 9.96. The van der Waals surface area contributed by atoms with Crippen LogP contribution in [-0.2, 0) is 11.3 Å². The van der Waals surface area contributed by atoms with Gasteiger partial charge in [-0.05, 0) is 42.6 Å². The van der Waals surface area contributed by atoms with Gasteiger partial charge < -0.3 is 9.84 Å². The van der Waals surface area contributed by atoms with Gasteiger partial charge in [0, 0.05) is 18.7 Å². The van der Waals surface area contributed by atoms with Crippen molar-refractivity contribution in [3.05, 3.63) is 42.0 Å². The van der Waals surface area contributed by atoms with E-state index in [1.165, 1.54) is 35.6 Å². The molecule has 146 valence electrons. The van der Waals surface area contributed by atoms with Gasteiger partial charge >= 0.3 is 5.97 Å². The number of ether oxygens (including phenoxy) is 1. The second-order valence-electron chi connectivity index (χ2n) is 7.59. The summed E-state index contributed by atoms with van der Waals surface area (Å²) in [5.41, 5.74) is 1.19. The number of aliphatic carboxylic acids is 1. The summed E-state index contributed by atoms with van der Waals surface area (Å²) < 4.78 is 6.16. The van der Waals surface area contributed by atoms with Gasteiger partial charge in [0.05, 0.1) is 12.5 Å². The van der Waals surface area contributed by atoms with Gasteiger partial charge in [0.25, 0.3) is 0 Å². The summed E-state index contributed by atoms with van der Waals surface area (Å²) in [6, 6.07) is 12.6. The van der Waals surface area contributed by atoms with Crippen LogP contribution in [0, 0.1) is 5.92 Å². The first-order chi connectivity index (χ1) is 13.2. The largest absolute Gasteiger partial charge is 0.493 e. The van der Waals surface area contributed by atoms with Crippen LogP contribution in [0.3, 0.4) is 0 Å². The molecule has 27 heavy (non-hydrogen) atoms. The quantitative estimate of drug-likeness (QED) is 0.625. The molecule has 1 atom stereocenters. The Bertz CT molecular complexity index is 758. The SMILES string of the molecule is CCCCCCOc1ccc2ccccc2c1CN1CCCC(C(=O)O)C1. The number of rotatable bonds is 9. The third kappa shape index (κ3) is 5.23. The van der Waals surface area contributed by atoms with Gasteiger partial charge in [-0.15, -0.1) is 0 Å². The highest BCUT2D eigenvalue weighted by Crippen LogP contribution is 2.31. The van der Waals surface area contributed by atoms with Crippen LogP contribution < -0.4 is 4.74 Å². The number of nitrogens with zero attached hydrogens (tertiary/aromatic N) is 1. The fraction of sp³-hybridized carbons (Fsp3) is 0.522. The minimum atomic E-state index is -0.676. The van der Waals surface area contributed by atoms with Gasteiger partial charge in [0.2, 0.25) is 0 Å². The Hall–Kier alpha value is -2.07. The predicted octanol–water partition coefficient (Wildman–Crippen LogP) is 5.10. The number of fused-ring (bicyclic) bond motifs is 1. The average molecular weight is 370 g/mol. The van der Waals surface area contributed by atoms with E-state index in [0.29, 0.717) is 6.54 Å². The lowest BCUT2D eigenvalue weighted by molar-refractivity contribution is -0.143. The van der Waals surface area contributed by atoms with E-state index in [1.54, 1.807) is 0 Å². The van der Waals surface area contributed by atoms with Crippen molar-refractivity contribution in [2.75, 3.05) is 19.7 Å². The lowest BCUT2D eigenvalue weighted by Gasteiger charge is -2.31. The van der Waals surface area contributed by atoms with Crippen molar-refractivity contribution in [1.82, 2.24) is 4.90 Å². The number of unbranched alkanes of at least 4 members (excludes halogenated alkanes) is 3. The van der Waals surface area contributed by atoms with Gasteiger partial charge in [-0.2, -0.15) is 0 Å². The average Bonchev–Trinajstić information content (AvgIpc) is 2.69. The van der Waals surface area contributed by atoms with Crippen LogP contribution in [0.15, 0.2) is 36.4 Å². The summed E-state index contributed by atoms with van der Waals surface area (Å²) >= 11 is 0. The zero-order valence-electron chi connectivity index (χ0n) is 16.3. The molecule has 0 bridgehead atoms. The molecule has 0 aliphatic carbocycles. The maximum atomic E-state index is 11.4. The monoisotopic (exact) mass is 369 g/mol. The molecule has 2 aromatic carbocycles. The smallest absolute Gasteiger partial charge is 0.307 e. The highest BCUT2D eigenvalue weighted by molar-refractivity contribution is 5.87. The second kappa shape index (κ2) is 9.75. The van der Waals surface area contributed by atoms with Crippen LogP contribution in [0.2, 0.25) is 0 Å². The van der Waals surface area contributed by atoms with Crippen LogP contribution >= 0.6 is 0 Å². The minimum absolute atomic E-state index is 0.257. The first kappa shape index (κ1) is 19.7. The molecule has 0 aromatic heterocycles. The van der Waals surface area contributed by atoms with Gasteiger partial charge in [0.15, 0.2) is 0 Å². The summed E-state index contributed by atoms with van der Waals surface area (Å²) in [4.78, 5) is 13.7. The van der Waals surface area contributed by atoms with Crippen molar-refractivity contribution < 1.29 is 14.6 Å². The Labute approximate surface area is 162 Å². The summed E-state index contributed by atoms with van der Waals surface area (Å²) in [6.07, 6.45) is 6.47. The van der Waals surface area contributed by atoms with Gasteiger partial charge in [-0.1, -0.05) is 56.5 Å². The molecule has 0 radical (unpaired) electrons. The van der Waals surface area contributed by atoms with Gasteiger partial charge in [-0.25, -0.2) is 0 Å². The number of carboxylic acids is 1. The molecular formula is C23H31NO3. The molecule has 1 N–H and O–H groups in total.